The molecule has 0 radical (unpaired) electrons. The highest BCUT2D eigenvalue weighted by molar-refractivity contribution is 5.25. The van der Waals surface area contributed by atoms with E-state index in [2.05, 4.69) is 37.8 Å². The van der Waals surface area contributed by atoms with Crippen molar-refractivity contribution in [3.8, 4) is 0 Å². The van der Waals surface area contributed by atoms with Crippen LogP contribution in [-0.4, -0.2) is 6.61 Å². The molecule has 1 heteroatoms. The van der Waals surface area contributed by atoms with E-state index < -0.39 is 0 Å². The van der Waals surface area contributed by atoms with Gasteiger partial charge in [0.25, 0.3) is 0 Å². The first-order valence-electron chi connectivity index (χ1n) is 5.12. The number of hydrogen-bond acceptors (Lipinski definition) is 1. The summed E-state index contributed by atoms with van der Waals surface area (Å²) in [5.41, 5.74) is 2.57. The molecule has 0 unspecified atom stereocenters. The van der Waals surface area contributed by atoms with Crippen molar-refractivity contribution in [2.45, 2.75) is 19.4 Å². The van der Waals surface area contributed by atoms with Crippen LogP contribution >= 0.6 is 0 Å². The van der Waals surface area contributed by atoms with Crippen molar-refractivity contribution in [1.82, 2.24) is 0 Å². The Morgan fingerprint density at radius 1 is 1.36 bits per heavy atom. The molecule has 0 amide bonds. The summed E-state index contributed by atoms with van der Waals surface area (Å²) in [7, 11) is 0. The molecule has 74 valence electrons. The van der Waals surface area contributed by atoms with Gasteiger partial charge in [0.1, 0.15) is 0 Å². The van der Waals surface area contributed by atoms with Gasteiger partial charge in [0.05, 0.1) is 6.10 Å². The van der Waals surface area contributed by atoms with Gasteiger partial charge in [-0.2, -0.15) is 0 Å². The minimum absolute atomic E-state index is 0.230. The lowest BCUT2D eigenvalue weighted by molar-refractivity contribution is 0.0996. The zero-order valence-corrected chi connectivity index (χ0v) is 8.57. The molecule has 1 aromatic rings. The van der Waals surface area contributed by atoms with E-state index in [9.17, 15) is 0 Å². The van der Waals surface area contributed by atoms with E-state index in [1.54, 1.807) is 0 Å². The highest BCUT2D eigenvalue weighted by Crippen LogP contribution is 2.34. The molecule has 0 aromatic heterocycles. The molecular weight excluding hydrogens is 172 g/mol. The van der Waals surface area contributed by atoms with Crippen LogP contribution in [0.5, 0.6) is 0 Å². The Morgan fingerprint density at radius 3 is 2.71 bits per heavy atom. The van der Waals surface area contributed by atoms with Gasteiger partial charge in [-0.1, -0.05) is 35.9 Å². The zero-order chi connectivity index (χ0) is 9.97. The van der Waals surface area contributed by atoms with Gasteiger partial charge in [0.2, 0.25) is 0 Å². The van der Waals surface area contributed by atoms with Crippen LogP contribution in [-0.2, 0) is 4.74 Å². The first-order valence-corrected chi connectivity index (χ1v) is 5.12. The predicted molar refractivity (Wildman–Crippen MR) is 58.2 cm³/mol. The molecule has 2 rings (SSSR count). The normalized spacial score (nSPS) is 26.4. The molecule has 1 aliphatic rings. The quantitative estimate of drug-likeness (QED) is 0.647. The van der Waals surface area contributed by atoms with Gasteiger partial charge in [0, 0.05) is 12.5 Å². The van der Waals surface area contributed by atoms with E-state index in [-0.39, 0.29) is 6.10 Å². The van der Waals surface area contributed by atoms with E-state index in [0.717, 1.165) is 13.0 Å². The fraction of sp³-hybridized carbons (Fsp3) is 0.385. The number of rotatable bonds is 2. The highest BCUT2D eigenvalue weighted by atomic mass is 16.5. The van der Waals surface area contributed by atoms with Crippen LogP contribution in [0.1, 0.15) is 23.7 Å². The molecule has 1 heterocycles. The number of hydrogen-bond donors (Lipinski definition) is 0. The van der Waals surface area contributed by atoms with Crippen LogP contribution in [0.25, 0.3) is 0 Å². The van der Waals surface area contributed by atoms with Gasteiger partial charge < -0.3 is 4.74 Å². The zero-order valence-electron chi connectivity index (χ0n) is 8.57. The Morgan fingerprint density at radius 2 is 2.07 bits per heavy atom. The lowest BCUT2D eigenvalue weighted by Gasteiger charge is -2.15. The average molecular weight is 188 g/mol. The molecule has 0 N–H and O–H groups in total. The van der Waals surface area contributed by atoms with Gasteiger partial charge in [-0.05, 0) is 18.9 Å². The highest BCUT2D eigenvalue weighted by Gasteiger charge is 2.26. The maximum absolute atomic E-state index is 5.71. The second kappa shape index (κ2) is 3.97. The van der Waals surface area contributed by atoms with E-state index in [1.165, 1.54) is 11.1 Å². The van der Waals surface area contributed by atoms with Gasteiger partial charge in [-0.3, -0.25) is 0 Å². The van der Waals surface area contributed by atoms with Crippen LogP contribution in [0.4, 0.5) is 0 Å². The summed E-state index contributed by atoms with van der Waals surface area (Å²) in [6.07, 6.45) is 3.34. The largest absolute Gasteiger partial charge is 0.373 e. The van der Waals surface area contributed by atoms with Crippen LogP contribution < -0.4 is 0 Å². The summed E-state index contributed by atoms with van der Waals surface area (Å²) in [4.78, 5) is 0. The fourth-order valence-corrected chi connectivity index (χ4v) is 1.95. The number of aryl methyl sites for hydroxylation is 1. The van der Waals surface area contributed by atoms with Crippen molar-refractivity contribution >= 4 is 0 Å². The Bertz CT molecular complexity index is 313. The Balaban J connectivity index is 2.21. The SMILES string of the molecule is C=C[C@H]1CCO[C@H]1c1ccc(C)cc1. The van der Waals surface area contributed by atoms with Crippen molar-refractivity contribution in [2.24, 2.45) is 5.92 Å². The molecule has 0 aliphatic carbocycles. The molecule has 1 aliphatic heterocycles. The Hall–Kier alpha value is -1.08. The number of ether oxygens (including phenoxy) is 1. The summed E-state index contributed by atoms with van der Waals surface area (Å²) >= 11 is 0. The standard InChI is InChI=1S/C13H16O/c1-3-11-8-9-14-13(11)12-6-4-10(2)5-7-12/h3-7,11,13H,1,8-9H2,2H3/t11-,13+/m0/s1. The van der Waals surface area contributed by atoms with Crippen molar-refractivity contribution in [3.05, 3.63) is 48.0 Å². The minimum Gasteiger partial charge on any atom is -0.373 e. The van der Waals surface area contributed by atoms with Crippen LogP contribution in [0.15, 0.2) is 36.9 Å². The van der Waals surface area contributed by atoms with E-state index in [1.807, 2.05) is 6.08 Å². The average Bonchev–Trinajstić information content (AvgIpc) is 2.67. The third kappa shape index (κ3) is 1.73. The summed E-state index contributed by atoms with van der Waals surface area (Å²) < 4.78 is 5.71. The van der Waals surface area contributed by atoms with Gasteiger partial charge in [-0.25, -0.2) is 0 Å². The second-order valence-electron chi connectivity index (χ2n) is 3.89. The van der Waals surface area contributed by atoms with Crippen molar-refractivity contribution < 1.29 is 4.74 Å². The van der Waals surface area contributed by atoms with Crippen molar-refractivity contribution in [1.29, 1.82) is 0 Å². The van der Waals surface area contributed by atoms with Gasteiger partial charge >= 0.3 is 0 Å². The topological polar surface area (TPSA) is 9.23 Å². The summed E-state index contributed by atoms with van der Waals surface area (Å²) in [6.45, 7) is 6.81. The molecule has 14 heavy (non-hydrogen) atoms. The molecule has 1 nitrogen and oxygen atoms in total. The Labute approximate surface area is 85.4 Å². The molecule has 2 atom stereocenters. The maximum atomic E-state index is 5.71. The monoisotopic (exact) mass is 188 g/mol. The third-order valence-electron chi connectivity index (χ3n) is 2.85. The third-order valence-corrected chi connectivity index (χ3v) is 2.85. The molecule has 1 saturated heterocycles. The van der Waals surface area contributed by atoms with E-state index in [4.69, 9.17) is 4.74 Å². The van der Waals surface area contributed by atoms with Crippen LogP contribution in [0.3, 0.4) is 0 Å². The van der Waals surface area contributed by atoms with E-state index >= 15 is 0 Å². The number of benzene rings is 1. The molecular formula is C13H16O. The van der Waals surface area contributed by atoms with Crippen molar-refractivity contribution in [3.63, 3.8) is 0 Å². The summed E-state index contributed by atoms with van der Waals surface area (Å²) in [5, 5.41) is 0. The molecule has 0 saturated carbocycles. The molecule has 1 aromatic carbocycles. The first-order chi connectivity index (χ1) is 6.81. The lowest BCUT2D eigenvalue weighted by Crippen LogP contribution is -2.04. The minimum atomic E-state index is 0.230. The first kappa shape index (κ1) is 9.47. The predicted octanol–water partition coefficient (Wildman–Crippen LogP) is 3.26. The van der Waals surface area contributed by atoms with Crippen LogP contribution in [0, 0.1) is 12.8 Å². The second-order valence-corrected chi connectivity index (χ2v) is 3.89. The van der Waals surface area contributed by atoms with Gasteiger partial charge in [0.15, 0.2) is 0 Å². The molecule has 0 bridgehead atoms. The summed E-state index contributed by atoms with van der Waals surface area (Å²) in [5.74, 6) is 0.484. The van der Waals surface area contributed by atoms with Gasteiger partial charge in [-0.15, -0.1) is 6.58 Å². The maximum Gasteiger partial charge on any atom is 0.0888 e. The van der Waals surface area contributed by atoms with Crippen LogP contribution in [0.2, 0.25) is 0 Å². The fourth-order valence-electron chi connectivity index (χ4n) is 1.95. The molecule has 0 spiro atoms. The summed E-state index contributed by atoms with van der Waals surface area (Å²) in [6, 6.07) is 8.58. The molecule has 1 fully saturated rings. The van der Waals surface area contributed by atoms with Crippen molar-refractivity contribution in [2.75, 3.05) is 6.61 Å². The Kier molecular flexibility index (Phi) is 2.69. The smallest absolute Gasteiger partial charge is 0.0888 e. The van der Waals surface area contributed by atoms with E-state index in [0.29, 0.717) is 5.92 Å². The lowest BCUT2D eigenvalue weighted by atomic mass is 9.95.